The smallest absolute Gasteiger partial charge is 0.109 e. The van der Waals surface area contributed by atoms with Crippen LogP contribution in [0.4, 0.5) is 0 Å². The predicted molar refractivity (Wildman–Crippen MR) is 160 cm³/mol. The minimum absolute atomic E-state index is 0.368. The molecule has 2 aromatic heterocycles. The molecule has 8 rings (SSSR count). The van der Waals surface area contributed by atoms with E-state index in [1.807, 2.05) is 6.92 Å². The molecule has 0 aliphatic rings. The largest absolute Gasteiger partial charge is 0.342 e. The zero-order chi connectivity index (χ0) is 25.5. The molecule has 2 heterocycles. The lowest BCUT2D eigenvalue weighted by atomic mass is 9.94. The maximum Gasteiger partial charge on any atom is 0.109 e. The third-order valence-electron chi connectivity index (χ3n) is 7.95. The Morgan fingerprint density at radius 3 is 2.11 bits per heavy atom. The molecule has 2 N–H and O–H groups in total. The van der Waals surface area contributed by atoms with Gasteiger partial charge in [-0.1, -0.05) is 80.6 Å². The molecule has 0 aliphatic carbocycles. The zero-order valence-electron chi connectivity index (χ0n) is 21.6. The fourth-order valence-electron chi connectivity index (χ4n) is 6.06. The van der Waals surface area contributed by atoms with Gasteiger partial charge in [0.1, 0.15) is 11.6 Å². The summed E-state index contributed by atoms with van der Waals surface area (Å²) in [5.41, 5.74) is 6.73. The normalized spacial score (nSPS) is 12.3. The van der Waals surface area contributed by atoms with E-state index in [1.54, 1.807) is 0 Å². The van der Waals surface area contributed by atoms with Crippen LogP contribution in [0.2, 0.25) is 0 Å². The lowest BCUT2D eigenvalue weighted by molar-refractivity contribution is 0.799. The van der Waals surface area contributed by atoms with E-state index < -0.39 is 0 Å². The van der Waals surface area contributed by atoms with Gasteiger partial charge in [0.15, 0.2) is 0 Å². The van der Waals surface area contributed by atoms with Crippen LogP contribution >= 0.6 is 0 Å². The van der Waals surface area contributed by atoms with Crippen LogP contribution in [0.15, 0.2) is 84.9 Å². The number of fused-ring (bicyclic) bond motifs is 11. The molecule has 0 saturated heterocycles. The van der Waals surface area contributed by atoms with Gasteiger partial charge in [-0.15, -0.1) is 0 Å². The number of rotatable bonds is 2. The van der Waals surface area contributed by atoms with Gasteiger partial charge in [-0.3, -0.25) is 0 Å². The van der Waals surface area contributed by atoms with Crippen LogP contribution in [0.3, 0.4) is 0 Å². The summed E-state index contributed by atoms with van der Waals surface area (Å²) in [6.45, 7) is 6.37. The van der Waals surface area contributed by atoms with Crippen LogP contribution < -0.4 is 0 Å². The van der Waals surface area contributed by atoms with Crippen molar-refractivity contribution in [2.45, 2.75) is 26.7 Å². The Balaban J connectivity index is 1.33. The third-order valence-corrected chi connectivity index (χ3v) is 7.95. The molecule has 4 nitrogen and oxygen atoms in total. The SMILES string of the molecule is Cc1nc2c3ccccc3c3cc(-c4ccc5c(ccc6c5ccc5[nH]c(C(C)C)nc56)c4)ccc3c2[nH]1. The second-order valence-corrected chi connectivity index (χ2v) is 10.7. The second kappa shape index (κ2) is 7.65. The van der Waals surface area contributed by atoms with Gasteiger partial charge in [0, 0.05) is 22.1 Å². The van der Waals surface area contributed by atoms with E-state index in [1.165, 1.54) is 54.2 Å². The number of imidazole rings is 2. The molecular formula is C34H26N4. The highest BCUT2D eigenvalue weighted by Gasteiger charge is 2.14. The number of nitrogens with zero attached hydrogens (tertiary/aromatic N) is 2. The summed E-state index contributed by atoms with van der Waals surface area (Å²) in [5.74, 6) is 2.35. The third kappa shape index (κ3) is 2.97. The first kappa shape index (κ1) is 21.4. The van der Waals surface area contributed by atoms with Crippen molar-refractivity contribution in [1.29, 1.82) is 0 Å². The minimum Gasteiger partial charge on any atom is -0.342 e. The first-order chi connectivity index (χ1) is 18.5. The molecule has 0 unspecified atom stereocenters. The van der Waals surface area contributed by atoms with Gasteiger partial charge in [-0.05, 0) is 63.2 Å². The van der Waals surface area contributed by atoms with Gasteiger partial charge < -0.3 is 9.97 Å². The number of aromatic amines is 2. The van der Waals surface area contributed by atoms with E-state index in [9.17, 15) is 0 Å². The Kier molecular flexibility index (Phi) is 4.31. The van der Waals surface area contributed by atoms with E-state index in [4.69, 9.17) is 9.97 Å². The van der Waals surface area contributed by atoms with Gasteiger partial charge >= 0.3 is 0 Å². The standard InChI is InChI=1S/C34H26N4/c1-18(2)34-37-30-15-14-25-23-11-8-20(16-22(23)10-13-27(25)31(30)38-34)21-9-12-28-29(17-21)24-6-4-5-7-26(24)32-33(28)36-19(3)35-32/h4-18H,1-3H3,(H,35,36)(H,37,38). The Labute approximate surface area is 219 Å². The molecule has 38 heavy (non-hydrogen) atoms. The summed E-state index contributed by atoms with van der Waals surface area (Å²) in [6.07, 6.45) is 0. The molecule has 6 aromatic carbocycles. The van der Waals surface area contributed by atoms with Crippen molar-refractivity contribution in [2.24, 2.45) is 0 Å². The maximum absolute atomic E-state index is 4.93. The van der Waals surface area contributed by atoms with E-state index in [2.05, 4.69) is 109 Å². The molecule has 182 valence electrons. The number of nitrogens with one attached hydrogen (secondary N) is 2. The molecule has 4 heteroatoms. The van der Waals surface area contributed by atoms with Crippen LogP contribution in [0, 0.1) is 6.92 Å². The van der Waals surface area contributed by atoms with Gasteiger partial charge in [0.05, 0.1) is 22.1 Å². The highest BCUT2D eigenvalue weighted by atomic mass is 14.9. The summed E-state index contributed by atoms with van der Waals surface area (Å²) in [7, 11) is 0. The predicted octanol–water partition coefficient (Wildman–Crippen LogP) is 9.15. The average molecular weight is 491 g/mol. The van der Waals surface area contributed by atoms with Crippen LogP contribution in [0.25, 0.3) is 76.3 Å². The van der Waals surface area contributed by atoms with Crippen molar-refractivity contribution in [3.8, 4) is 11.1 Å². The summed E-state index contributed by atoms with van der Waals surface area (Å²) < 4.78 is 0. The molecule has 0 aliphatic heterocycles. The summed E-state index contributed by atoms with van der Waals surface area (Å²) in [5, 5.41) is 9.80. The summed E-state index contributed by atoms with van der Waals surface area (Å²) >= 11 is 0. The van der Waals surface area contributed by atoms with Crippen molar-refractivity contribution in [2.75, 3.05) is 0 Å². The monoisotopic (exact) mass is 490 g/mol. The molecule has 0 saturated carbocycles. The zero-order valence-corrected chi connectivity index (χ0v) is 21.6. The number of aromatic nitrogens is 4. The number of H-pyrrole nitrogens is 2. The van der Waals surface area contributed by atoms with Crippen LogP contribution in [-0.2, 0) is 0 Å². The van der Waals surface area contributed by atoms with Crippen molar-refractivity contribution in [3.05, 3.63) is 96.6 Å². The van der Waals surface area contributed by atoms with Gasteiger partial charge in [0.25, 0.3) is 0 Å². The van der Waals surface area contributed by atoms with Crippen LogP contribution in [-0.4, -0.2) is 19.9 Å². The second-order valence-electron chi connectivity index (χ2n) is 10.7. The summed E-state index contributed by atoms with van der Waals surface area (Å²) in [4.78, 5) is 16.7. The summed E-state index contributed by atoms with van der Waals surface area (Å²) in [6, 6.07) is 31.0. The molecule has 0 fully saturated rings. The Hall–Kier alpha value is -4.70. The number of hydrogen-bond donors (Lipinski definition) is 2. The molecule has 8 aromatic rings. The first-order valence-electron chi connectivity index (χ1n) is 13.2. The molecule has 0 bridgehead atoms. The number of hydrogen-bond acceptors (Lipinski definition) is 2. The minimum atomic E-state index is 0.368. The van der Waals surface area contributed by atoms with Gasteiger partial charge in [-0.25, -0.2) is 9.97 Å². The topological polar surface area (TPSA) is 57.4 Å². The molecule has 0 atom stereocenters. The highest BCUT2D eigenvalue weighted by molar-refractivity contribution is 6.24. The van der Waals surface area contributed by atoms with Crippen molar-refractivity contribution >= 4 is 65.2 Å². The molecule has 0 spiro atoms. The van der Waals surface area contributed by atoms with Crippen LogP contribution in [0.1, 0.15) is 31.4 Å². The maximum atomic E-state index is 4.93. The highest BCUT2D eigenvalue weighted by Crippen LogP contribution is 2.38. The van der Waals surface area contributed by atoms with Crippen molar-refractivity contribution in [3.63, 3.8) is 0 Å². The average Bonchev–Trinajstić information content (AvgIpc) is 3.56. The lowest BCUT2D eigenvalue weighted by Crippen LogP contribution is -1.88. The first-order valence-corrected chi connectivity index (χ1v) is 13.2. The fraction of sp³-hybridized carbons (Fsp3) is 0.118. The molecule has 0 radical (unpaired) electrons. The van der Waals surface area contributed by atoms with Gasteiger partial charge in [-0.2, -0.15) is 0 Å². The number of aryl methyl sites for hydroxylation is 1. The quantitative estimate of drug-likeness (QED) is 0.237. The fourth-order valence-corrected chi connectivity index (χ4v) is 6.06. The molecule has 0 amide bonds. The Morgan fingerprint density at radius 1 is 0.579 bits per heavy atom. The number of benzene rings is 6. The van der Waals surface area contributed by atoms with Crippen molar-refractivity contribution in [1.82, 2.24) is 19.9 Å². The van der Waals surface area contributed by atoms with Crippen LogP contribution in [0.5, 0.6) is 0 Å². The Bertz CT molecular complexity index is 2230. The molecular weight excluding hydrogens is 464 g/mol. The van der Waals surface area contributed by atoms with E-state index in [0.717, 1.165) is 33.7 Å². The van der Waals surface area contributed by atoms with Gasteiger partial charge in [0.2, 0.25) is 0 Å². The Morgan fingerprint density at radius 2 is 1.26 bits per heavy atom. The van der Waals surface area contributed by atoms with Crippen molar-refractivity contribution < 1.29 is 0 Å². The van der Waals surface area contributed by atoms with E-state index in [-0.39, 0.29) is 0 Å². The lowest BCUT2D eigenvalue weighted by Gasteiger charge is -2.11. The van der Waals surface area contributed by atoms with E-state index >= 15 is 0 Å². The van der Waals surface area contributed by atoms with E-state index in [0.29, 0.717) is 5.92 Å².